The normalized spacial score (nSPS) is 22.1. The number of piperazine rings is 1. The molecule has 0 spiro atoms. The Hall–Kier alpha value is -2.00. The minimum Gasteiger partial charge on any atom is -0.497 e. The molecule has 3 heteroatoms. The lowest BCUT2D eigenvalue weighted by Gasteiger charge is -2.43. The number of anilines is 1. The first-order chi connectivity index (χ1) is 10.2. The SMILES string of the molecule is COc1cccc(N2CCNC(C)(c3ccccc3)C2)c1. The molecule has 2 aromatic carbocycles. The van der Waals surface area contributed by atoms with Crippen molar-refractivity contribution in [2.24, 2.45) is 0 Å². The Morgan fingerprint density at radius 3 is 2.67 bits per heavy atom. The third-order valence-electron chi connectivity index (χ3n) is 4.23. The number of hydrogen-bond acceptors (Lipinski definition) is 3. The van der Waals surface area contributed by atoms with Crippen LogP contribution < -0.4 is 15.0 Å². The zero-order chi connectivity index (χ0) is 14.7. The second kappa shape index (κ2) is 5.78. The third kappa shape index (κ3) is 2.88. The number of nitrogens with one attached hydrogen (secondary N) is 1. The van der Waals surface area contributed by atoms with E-state index in [1.807, 2.05) is 6.07 Å². The second-order valence-corrected chi connectivity index (χ2v) is 5.75. The zero-order valence-electron chi connectivity index (χ0n) is 12.7. The van der Waals surface area contributed by atoms with E-state index in [2.05, 4.69) is 65.7 Å². The Kier molecular flexibility index (Phi) is 3.84. The van der Waals surface area contributed by atoms with Crippen LogP contribution >= 0.6 is 0 Å². The van der Waals surface area contributed by atoms with E-state index in [9.17, 15) is 0 Å². The van der Waals surface area contributed by atoms with Gasteiger partial charge in [0.25, 0.3) is 0 Å². The summed E-state index contributed by atoms with van der Waals surface area (Å²) in [5, 5.41) is 3.67. The highest BCUT2D eigenvalue weighted by atomic mass is 16.5. The Bertz CT molecular complexity index is 599. The van der Waals surface area contributed by atoms with Crippen molar-refractivity contribution in [3.05, 3.63) is 60.2 Å². The van der Waals surface area contributed by atoms with Crippen molar-refractivity contribution >= 4 is 5.69 Å². The van der Waals surface area contributed by atoms with Gasteiger partial charge in [0.2, 0.25) is 0 Å². The van der Waals surface area contributed by atoms with Crippen LogP contribution in [-0.4, -0.2) is 26.7 Å². The summed E-state index contributed by atoms with van der Waals surface area (Å²) < 4.78 is 5.34. The van der Waals surface area contributed by atoms with Crippen LogP contribution in [0, 0.1) is 0 Å². The minimum atomic E-state index is -0.0252. The van der Waals surface area contributed by atoms with Crippen molar-refractivity contribution in [2.45, 2.75) is 12.5 Å². The first-order valence-corrected chi connectivity index (χ1v) is 7.41. The minimum absolute atomic E-state index is 0.0252. The molecular weight excluding hydrogens is 260 g/mol. The van der Waals surface area contributed by atoms with E-state index in [0.29, 0.717) is 0 Å². The largest absolute Gasteiger partial charge is 0.497 e. The van der Waals surface area contributed by atoms with Crippen LogP contribution in [0.15, 0.2) is 54.6 Å². The Balaban J connectivity index is 1.85. The van der Waals surface area contributed by atoms with Gasteiger partial charge in [-0.3, -0.25) is 0 Å². The molecule has 3 rings (SSSR count). The van der Waals surface area contributed by atoms with E-state index < -0.39 is 0 Å². The molecule has 1 N–H and O–H groups in total. The van der Waals surface area contributed by atoms with Gasteiger partial charge in [0.1, 0.15) is 5.75 Å². The van der Waals surface area contributed by atoms with E-state index >= 15 is 0 Å². The summed E-state index contributed by atoms with van der Waals surface area (Å²) in [5.41, 5.74) is 2.53. The molecule has 110 valence electrons. The number of methoxy groups -OCH3 is 1. The van der Waals surface area contributed by atoms with Crippen LogP contribution in [0.1, 0.15) is 12.5 Å². The number of nitrogens with zero attached hydrogens (tertiary/aromatic N) is 1. The monoisotopic (exact) mass is 282 g/mol. The van der Waals surface area contributed by atoms with Crippen LogP contribution in [0.25, 0.3) is 0 Å². The second-order valence-electron chi connectivity index (χ2n) is 5.75. The predicted octanol–water partition coefficient (Wildman–Crippen LogP) is 3.02. The molecule has 3 nitrogen and oxygen atoms in total. The molecule has 1 heterocycles. The van der Waals surface area contributed by atoms with E-state index in [1.165, 1.54) is 11.3 Å². The van der Waals surface area contributed by atoms with Gasteiger partial charge in [-0.1, -0.05) is 36.4 Å². The molecule has 1 unspecified atom stereocenters. The van der Waals surface area contributed by atoms with E-state index in [1.54, 1.807) is 7.11 Å². The Morgan fingerprint density at radius 2 is 1.90 bits per heavy atom. The highest BCUT2D eigenvalue weighted by Gasteiger charge is 2.32. The summed E-state index contributed by atoms with van der Waals surface area (Å²) in [7, 11) is 1.71. The Labute approximate surface area is 126 Å². The third-order valence-corrected chi connectivity index (χ3v) is 4.23. The predicted molar refractivity (Wildman–Crippen MR) is 87.0 cm³/mol. The maximum absolute atomic E-state index is 5.34. The highest BCUT2D eigenvalue weighted by Crippen LogP contribution is 2.29. The number of ether oxygens (including phenoxy) is 1. The molecule has 0 bridgehead atoms. The van der Waals surface area contributed by atoms with Crippen LogP contribution in [0.2, 0.25) is 0 Å². The maximum atomic E-state index is 5.34. The zero-order valence-corrected chi connectivity index (χ0v) is 12.7. The summed E-state index contributed by atoms with van der Waals surface area (Å²) in [4.78, 5) is 2.42. The fraction of sp³-hybridized carbons (Fsp3) is 0.333. The van der Waals surface area contributed by atoms with Gasteiger partial charge in [0.05, 0.1) is 12.6 Å². The van der Waals surface area contributed by atoms with Crippen LogP contribution in [0.4, 0.5) is 5.69 Å². The summed E-state index contributed by atoms with van der Waals surface area (Å²) in [6.07, 6.45) is 0. The standard InChI is InChI=1S/C18H22N2O/c1-18(15-7-4-3-5-8-15)14-20(12-11-19-18)16-9-6-10-17(13-16)21-2/h3-10,13,19H,11-12,14H2,1-2H3. The number of hydrogen-bond donors (Lipinski definition) is 1. The summed E-state index contributed by atoms with van der Waals surface area (Å²) in [5.74, 6) is 0.910. The Morgan fingerprint density at radius 1 is 1.10 bits per heavy atom. The first kappa shape index (κ1) is 14.0. The molecule has 0 radical (unpaired) electrons. The molecule has 0 saturated carbocycles. The van der Waals surface area contributed by atoms with Crippen molar-refractivity contribution in [1.82, 2.24) is 5.32 Å². The quantitative estimate of drug-likeness (QED) is 0.936. The van der Waals surface area contributed by atoms with Crippen LogP contribution in [-0.2, 0) is 5.54 Å². The van der Waals surface area contributed by atoms with Crippen LogP contribution in [0.3, 0.4) is 0 Å². The molecule has 2 aromatic rings. The van der Waals surface area contributed by atoms with Crippen molar-refractivity contribution in [3.63, 3.8) is 0 Å². The first-order valence-electron chi connectivity index (χ1n) is 7.41. The molecule has 1 fully saturated rings. The topological polar surface area (TPSA) is 24.5 Å². The van der Waals surface area contributed by atoms with Crippen molar-refractivity contribution < 1.29 is 4.74 Å². The molecule has 1 aliphatic rings. The summed E-state index contributed by atoms with van der Waals surface area (Å²) in [6.45, 7) is 5.21. The molecule has 0 aromatic heterocycles. The van der Waals surface area contributed by atoms with Gasteiger partial charge in [-0.15, -0.1) is 0 Å². The van der Waals surface area contributed by atoms with Gasteiger partial charge in [-0.05, 0) is 24.6 Å². The summed E-state index contributed by atoms with van der Waals surface area (Å²) in [6, 6.07) is 19.0. The van der Waals surface area contributed by atoms with E-state index in [4.69, 9.17) is 4.74 Å². The molecule has 0 amide bonds. The van der Waals surface area contributed by atoms with Crippen molar-refractivity contribution in [3.8, 4) is 5.75 Å². The highest BCUT2D eigenvalue weighted by molar-refractivity contribution is 5.52. The maximum Gasteiger partial charge on any atom is 0.120 e. The van der Waals surface area contributed by atoms with Gasteiger partial charge in [0.15, 0.2) is 0 Å². The van der Waals surface area contributed by atoms with E-state index in [0.717, 1.165) is 25.4 Å². The smallest absolute Gasteiger partial charge is 0.120 e. The summed E-state index contributed by atoms with van der Waals surface area (Å²) >= 11 is 0. The lowest BCUT2D eigenvalue weighted by molar-refractivity contribution is 0.331. The molecule has 1 atom stereocenters. The van der Waals surface area contributed by atoms with Crippen molar-refractivity contribution in [2.75, 3.05) is 31.6 Å². The average Bonchev–Trinajstić information content (AvgIpc) is 2.56. The average molecular weight is 282 g/mol. The molecule has 21 heavy (non-hydrogen) atoms. The van der Waals surface area contributed by atoms with Crippen LogP contribution in [0.5, 0.6) is 5.75 Å². The lowest BCUT2D eigenvalue weighted by atomic mass is 9.89. The van der Waals surface area contributed by atoms with Gasteiger partial charge >= 0.3 is 0 Å². The lowest BCUT2D eigenvalue weighted by Crippen LogP contribution is -2.56. The fourth-order valence-corrected chi connectivity index (χ4v) is 3.01. The molecule has 1 saturated heterocycles. The van der Waals surface area contributed by atoms with Gasteiger partial charge in [-0.25, -0.2) is 0 Å². The van der Waals surface area contributed by atoms with Gasteiger partial charge < -0.3 is 15.0 Å². The van der Waals surface area contributed by atoms with Gasteiger partial charge in [-0.2, -0.15) is 0 Å². The molecule has 0 aliphatic carbocycles. The molecular formula is C18H22N2O. The number of rotatable bonds is 3. The molecule has 1 aliphatic heterocycles. The number of benzene rings is 2. The fourth-order valence-electron chi connectivity index (χ4n) is 3.01. The van der Waals surface area contributed by atoms with Crippen molar-refractivity contribution in [1.29, 1.82) is 0 Å². The van der Waals surface area contributed by atoms with Gasteiger partial charge in [0, 0.05) is 31.4 Å². The van der Waals surface area contributed by atoms with E-state index in [-0.39, 0.29) is 5.54 Å².